The molecule has 2 rings (SSSR count). The summed E-state index contributed by atoms with van der Waals surface area (Å²) in [6, 6.07) is 9.62. The van der Waals surface area contributed by atoms with Gasteiger partial charge in [-0.25, -0.2) is 4.98 Å². The first-order valence-corrected chi connectivity index (χ1v) is 6.97. The van der Waals surface area contributed by atoms with E-state index in [9.17, 15) is 4.79 Å². The van der Waals surface area contributed by atoms with Crippen LogP contribution < -0.4 is 10.6 Å². The largest absolute Gasteiger partial charge is 0.376 e. The molecule has 0 spiro atoms. The third kappa shape index (κ3) is 4.06. The zero-order chi connectivity index (χ0) is 13.7. The maximum atomic E-state index is 11.8. The first-order chi connectivity index (χ1) is 9.15. The predicted molar refractivity (Wildman–Crippen MR) is 78.3 cm³/mol. The number of aryl methyl sites for hydroxylation is 1. The Morgan fingerprint density at radius 1 is 1.37 bits per heavy atom. The zero-order valence-electron chi connectivity index (χ0n) is 11.0. The summed E-state index contributed by atoms with van der Waals surface area (Å²) in [6.07, 6.45) is 1.82. The molecule has 2 aromatic rings. The molecule has 0 saturated carbocycles. The first kappa shape index (κ1) is 13.5. The number of nitrogens with one attached hydrogen (secondary N) is 2. The molecule has 0 bridgehead atoms. The van der Waals surface area contributed by atoms with Crippen LogP contribution in [0.3, 0.4) is 0 Å². The Labute approximate surface area is 116 Å². The summed E-state index contributed by atoms with van der Waals surface area (Å²) >= 11 is 1.61. The molecule has 0 aliphatic heterocycles. The van der Waals surface area contributed by atoms with Gasteiger partial charge in [0.05, 0.1) is 12.6 Å². The van der Waals surface area contributed by atoms with Crippen molar-refractivity contribution in [2.75, 3.05) is 11.9 Å². The van der Waals surface area contributed by atoms with Crippen LogP contribution in [0.2, 0.25) is 0 Å². The summed E-state index contributed by atoms with van der Waals surface area (Å²) in [7, 11) is 0. The van der Waals surface area contributed by atoms with Gasteiger partial charge in [-0.3, -0.25) is 4.79 Å². The van der Waals surface area contributed by atoms with Crippen molar-refractivity contribution < 1.29 is 4.79 Å². The molecule has 0 saturated heterocycles. The lowest BCUT2D eigenvalue weighted by atomic mass is 10.3. The molecular formula is C14H17N3OS. The number of carbonyl (C=O) groups is 1. The van der Waals surface area contributed by atoms with Crippen LogP contribution in [0.15, 0.2) is 36.5 Å². The molecule has 1 atom stereocenters. The van der Waals surface area contributed by atoms with Gasteiger partial charge in [-0.2, -0.15) is 0 Å². The standard InChI is InChI=1S/C14H17N3OS/c1-10-8-16-14(19-10)11(2)17-13(18)9-15-12-6-4-3-5-7-12/h3-8,11,15H,9H2,1-2H3,(H,17,18). The molecule has 4 nitrogen and oxygen atoms in total. The molecule has 19 heavy (non-hydrogen) atoms. The minimum Gasteiger partial charge on any atom is -0.376 e. The molecule has 0 aliphatic carbocycles. The Balaban J connectivity index is 1.81. The fraction of sp³-hybridized carbons (Fsp3) is 0.286. The third-order valence-electron chi connectivity index (χ3n) is 2.61. The molecule has 0 radical (unpaired) electrons. The Kier molecular flexibility index (Phi) is 4.52. The van der Waals surface area contributed by atoms with Crippen molar-refractivity contribution in [2.24, 2.45) is 0 Å². The van der Waals surface area contributed by atoms with Crippen LogP contribution in [-0.4, -0.2) is 17.4 Å². The average Bonchev–Trinajstić information content (AvgIpc) is 2.84. The molecule has 0 aliphatic rings. The van der Waals surface area contributed by atoms with E-state index in [0.29, 0.717) is 0 Å². The fourth-order valence-corrected chi connectivity index (χ4v) is 2.44. The predicted octanol–water partition coefficient (Wildman–Crippen LogP) is 2.74. The molecule has 1 amide bonds. The van der Waals surface area contributed by atoms with Gasteiger partial charge in [0, 0.05) is 16.8 Å². The molecule has 1 aromatic carbocycles. The van der Waals surface area contributed by atoms with Crippen LogP contribution in [0.4, 0.5) is 5.69 Å². The monoisotopic (exact) mass is 275 g/mol. The van der Waals surface area contributed by atoms with E-state index < -0.39 is 0 Å². The summed E-state index contributed by atoms with van der Waals surface area (Å²) in [4.78, 5) is 17.2. The van der Waals surface area contributed by atoms with E-state index in [1.54, 1.807) is 11.3 Å². The highest BCUT2D eigenvalue weighted by atomic mass is 32.1. The smallest absolute Gasteiger partial charge is 0.239 e. The maximum Gasteiger partial charge on any atom is 0.239 e. The number of para-hydroxylation sites is 1. The summed E-state index contributed by atoms with van der Waals surface area (Å²) < 4.78 is 0. The van der Waals surface area contributed by atoms with Crippen molar-refractivity contribution in [2.45, 2.75) is 19.9 Å². The molecule has 100 valence electrons. The van der Waals surface area contributed by atoms with Crippen LogP contribution in [0.25, 0.3) is 0 Å². The zero-order valence-corrected chi connectivity index (χ0v) is 11.8. The molecule has 1 unspecified atom stereocenters. The van der Waals surface area contributed by atoms with Crippen molar-refractivity contribution in [3.8, 4) is 0 Å². The summed E-state index contributed by atoms with van der Waals surface area (Å²) in [6.45, 7) is 4.21. The van der Waals surface area contributed by atoms with Crippen molar-refractivity contribution in [3.05, 3.63) is 46.4 Å². The summed E-state index contributed by atoms with van der Waals surface area (Å²) in [5.74, 6) is -0.0378. The van der Waals surface area contributed by atoms with E-state index >= 15 is 0 Å². The van der Waals surface area contributed by atoms with Crippen LogP contribution in [0.1, 0.15) is 22.9 Å². The molecule has 0 fully saturated rings. The number of amides is 1. The quantitative estimate of drug-likeness (QED) is 0.882. The van der Waals surface area contributed by atoms with E-state index in [1.807, 2.05) is 50.4 Å². The number of carbonyl (C=O) groups excluding carboxylic acids is 1. The number of hydrogen-bond donors (Lipinski definition) is 2. The van der Waals surface area contributed by atoms with E-state index in [4.69, 9.17) is 0 Å². The minimum absolute atomic E-state index is 0.0378. The van der Waals surface area contributed by atoms with Gasteiger partial charge >= 0.3 is 0 Å². The van der Waals surface area contributed by atoms with Gasteiger partial charge in [-0.05, 0) is 26.0 Å². The topological polar surface area (TPSA) is 54.0 Å². The minimum atomic E-state index is -0.0521. The second-order valence-corrected chi connectivity index (χ2v) is 5.58. The van der Waals surface area contributed by atoms with Crippen LogP contribution in [-0.2, 0) is 4.79 Å². The lowest BCUT2D eigenvalue weighted by Crippen LogP contribution is -2.32. The van der Waals surface area contributed by atoms with E-state index in [0.717, 1.165) is 15.6 Å². The van der Waals surface area contributed by atoms with E-state index in [1.165, 1.54) is 0 Å². The van der Waals surface area contributed by atoms with Gasteiger partial charge in [-0.15, -0.1) is 11.3 Å². The van der Waals surface area contributed by atoms with Crippen molar-refractivity contribution in [3.63, 3.8) is 0 Å². The molecular weight excluding hydrogens is 258 g/mol. The number of benzene rings is 1. The van der Waals surface area contributed by atoms with Gasteiger partial charge in [0.25, 0.3) is 0 Å². The van der Waals surface area contributed by atoms with Crippen LogP contribution >= 0.6 is 11.3 Å². The van der Waals surface area contributed by atoms with E-state index in [2.05, 4.69) is 15.6 Å². The van der Waals surface area contributed by atoms with Gasteiger partial charge < -0.3 is 10.6 Å². The number of thiazole rings is 1. The fourth-order valence-electron chi connectivity index (χ4n) is 1.66. The number of hydrogen-bond acceptors (Lipinski definition) is 4. The van der Waals surface area contributed by atoms with Crippen LogP contribution in [0, 0.1) is 6.92 Å². The molecule has 1 aromatic heterocycles. The lowest BCUT2D eigenvalue weighted by molar-refractivity contribution is -0.120. The second-order valence-electron chi connectivity index (χ2n) is 4.32. The second kappa shape index (κ2) is 6.33. The number of rotatable bonds is 5. The third-order valence-corrected chi connectivity index (χ3v) is 3.71. The number of anilines is 1. The van der Waals surface area contributed by atoms with Gasteiger partial charge in [0.1, 0.15) is 5.01 Å². The lowest BCUT2D eigenvalue weighted by Gasteiger charge is -2.12. The highest BCUT2D eigenvalue weighted by Crippen LogP contribution is 2.18. The highest BCUT2D eigenvalue weighted by molar-refractivity contribution is 7.11. The van der Waals surface area contributed by atoms with Gasteiger partial charge in [0.15, 0.2) is 0 Å². The van der Waals surface area contributed by atoms with Crippen molar-refractivity contribution in [1.82, 2.24) is 10.3 Å². The molecule has 5 heteroatoms. The molecule has 1 heterocycles. The number of nitrogens with zero attached hydrogens (tertiary/aromatic N) is 1. The summed E-state index contributed by atoms with van der Waals surface area (Å²) in [5, 5.41) is 6.94. The number of aromatic nitrogens is 1. The van der Waals surface area contributed by atoms with Gasteiger partial charge in [0.2, 0.25) is 5.91 Å². The summed E-state index contributed by atoms with van der Waals surface area (Å²) in [5.41, 5.74) is 0.940. The Morgan fingerprint density at radius 2 is 2.11 bits per heavy atom. The van der Waals surface area contributed by atoms with Gasteiger partial charge in [-0.1, -0.05) is 18.2 Å². The van der Waals surface area contributed by atoms with E-state index in [-0.39, 0.29) is 18.5 Å². The van der Waals surface area contributed by atoms with Crippen LogP contribution in [0.5, 0.6) is 0 Å². The SMILES string of the molecule is Cc1cnc(C(C)NC(=O)CNc2ccccc2)s1. The van der Waals surface area contributed by atoms with Crippen molar-refractivity contribution >= 4 is 22.9 Å². The Hall–Kier alpha value is -1.88. The molecule has 2 N–H and O–H groups in total. The average molecular weight is 275 g/mol. The Morgan fingerprint density at radius 3 is 2.74 bits per heavy atom. The van der Waals surface area contributed by atoms with Crippen molar-refractivity contribution in [1.29, 1.82) is 0 Å². The maximum absolute atomic E-state index is 11.8. The first-order valence-electron chi connectivity index (χ1n) is 6.16. The highest BCUT2D eigenvalue weighted by Gasteiger charge is 2.12. The normalized spacial score (nSPS) is 11.9. The Bertz CT molecular complexity index is 539.